The first kappa shape index (κ1) is 46.8. The Labute approximate surface area is 384 Å². The van der Waals surface area contributed by atoms with E-state index in [-0.39, 0.29) is 30.2 Å². The molecule has 13 nitrogen and oxygen atoms in total. The summed E-state index contributed by atoms with van der Waals surface area (Å²) < 4.78 is 21.1. The zero-order chi connectivity index (χ0) is 45.6. The van der Waals surface area contributed by atoms with Crippen molar-refractivity contribution in [1.29, 1.82) is 0 Å². The van der Waals surface area contributed by atoms with Crippen molar-refractivity contribution in [2.45, 2.75) is 102 Å². The number of amides is 3. The van der Waals surface area contributed by atoms with Crippen molar-refractivity contribution in [2.75, 3.05) is 66.8 Å². The molecule has 0 saturated carbocycles. The number of aromatic nitrogens is 2. The van der Waals surface area contributed by atoms with Gasteiger partial charge in [0.25, 0.3) is 11.8 Å². The quantitative estimate of drug-likeness (QED) is 0.145. The van der Waals surface area contributed by atoms with Crippen LogP contribution in [0.15, 0.2) is 36.4 Å². The largest absolute Gasteiger partial charge is 0.481 e. The topological polar surface area (TPSA) is 145 Å². The molecule has 2 aliphatic carbocycles. The fourth-order valence-corrected chi connectivity index (χ4v) is 11.6. The SMILES string of the molecule is CN(CCCC(=O)NC1CCOC1)C(=O)c1ccc2c(c1)c1c(n2C)CC[C@@H](C2CCOCC2)C1.CN(CCCC(=O)O)C(=O)c1ccc2c(c1)c1c(n2C)CC[C@@H](C2CCOCC2)C1. The molecule has 13 heteroatoms. The zero-order valence-corrected chi connectivity index (χ0v) is 39.2. The number of aryl methyl sites for hydroxylation is 2. The maximum Gasteiger partial charge on any atom is 0.303 e. The summed E-state index contributed by atoms with van der Waals surface area (Å²) in [6.07, 6.45) is 14.1. The Hall–Kier alpha value is -4.72. The third-order valence-corrected chi connectivity index (χ3v) is 15.4. The van der Waals surface area contributed by atoms with Gasteiger partial charge >= 0.3 is 5.97 Å². The van der Waals surface area contributed by atoms with Gasteiger partial charge < -0.3 is 43.6 Å². The lowest BCUT2D eigenvalue weighted by Crippen LogP contribution is -2.35. The fourth-order valence-electron chi connectivity index (χ4n) is 11.6. The Morgan fingerprint density at radius 2 is 1.09 bits per heavy atom. The van der Waals surface area contributed by atoms with Gasteiger partial charge in [-0.05, 0) is 155 Å². The van der Waals surface area contributed by atoms with Gasteiger partial charge in [0.1, 0.15) is 0 Å². The molecule has 0 spiro atoms. The maximum absolute atomic E-state index is 13.2. The van der Waals surface area contributed by atoms with Crippen molar-refractivity contribution in [3.05, 3.63) is 70.0 Å². The van der Waals surface area contributed by atoms with E-state index in [2.05, 4.69) is 52.8 Å². The first-order chi connectivity index (χ1) is 31.5. The minimum Gasteiger partial charge on any atom is -0.481 e. The Morgan fingerprint density at radius 3 is 1.54 bits per heavy atom. The summed E-state index contributed by atoms with van der Waals surface area (Å²) in [7, 11) is 7.87. The number of hydrogen-bond acceptors (Lipinski definition) is 7. The summed E-state index contributed by atoms with van der Waals surface area (Å²) >= 11 is 0. The Morgan fingerprint density at radius 1 is 0.631 bits per heavy atom. The summed E-state index contributed by atoms with van der Waals surface area (Å²) in [5, 5.41) is 14.3. The normalized spacial score (nSPS) is 21.3. The molecular formula is C52H71N5O8. The van der Waals surface area contributed by atoms with E-state index in [0.717, 1.165) is 88.8 Å². The van der Waals surface area contributed by atoms with Gasteiger partial charge in [-0.2, -0.15) is 0 Å². The van der Waals surface area contributed by atoms with Crippen LogP contribution in [-0.4, -0.2) is 121 Å². The van der Waals surface area contributed by atoms with Gasteiger partial charge in [0, 0.05) is 131 Å². The number of fused-ring (bicyclic) bond motifs is 6. The first-order valence-electron chi connectivity index (χ1n) is 24.4. The van der Waals surface area contributed by atoms with Gasteiger partial charge in [0.05, 0.1) is 12.6 Å². The lowest BCUT2D eigenvalue weighted by Gasteiger charge is -2.33. The average molecular weight is 894 g/mol. The lowest BCUT2D eigenvalue weighted by atomic mass is 9.75. The number of benzene rings is 2. The van der Waals surface area contributed by atoms with Crippen molar-refractivity contribution in [1.82, 2.24) is 24.3 Å². The molecule has 65 heavy (non-hydrogen) atoms. The van der Waals surface area contributed by atoms with Gasteiger partial charge in [0.2, 0.25) is 5.91 Å². The van der Waals surface area contributed by atoms with Crippen LogP contribution in [-0.2, 0) is 63.6 Å². The molecule has 2 aromatic heterocycles. The van der Waals surface area contributed by atoms with Crippen molar-refractivity contribution < 1.29 is 38.5 Å². The third kappa shape index (κ3) is 10.8. The number of ether oxygens (including phenoxy) is 3. The molecule has 3 atom stereocenters. The van der Waals surface area contributed by atoms with Crippen LogP contribution in [0.3, 0.4) is 0 Å². The van der Waals surface area contributed by atoms with Crippen molar-refractivity contribution in [2.24, 2.45) is 37.8 Å². The molecule has 0 radical (unpaired) electrons. The van der Waals surface area contributed by atoms with Gasteiger partial charge in [-0.25, -0.2) is 0 Å². The van der Waals surface area contributed by atoms with E-state index >= 15 is 0 Å². The molecule has 3 amide bonds. The van der Waals surface area contributed by atoms with E-state index in [0.29, 0.717) is 63.0 Å². The van der Waals surface area contributed by atoms with Crippen LogP contribution in [0.2, 0.25) is 0 Å². The summed E-state index contributed by atoms with van der Waals surface area (Å²) in [5.41, 5.74) is 9.52. The number of carbonyl (C=O) groups is 4. The van der Waals surface area contributed by atoms with Crippen LogP contribution in [0.4, 0.5) is 0 Å². The van der Waals surface area contributed by atoms with Crippen LogP contribution in [0.1, 0.15) is 114 Å². The predicted molar refractivity (Wildman–Crippen MR) is 251 cm³/mol. The maximum atomic E-state index is 13.2. The highest BCUT2D eigenvalue weighted by atomic mass is 16.5. The second kappa shape index (κ2) is 21.3. The van der Waals surface area contributed by atoms with Gasteiger partial charge in [-0.1, -0.05) is 0 Å². The number of hydrogen-bond donors (Lipinski definition) is 2. The molecule has 3 fully saturated rings. The molecule has 5 heterocycles. The number of rotatable bonds is 13. The molecule has 4 aromatic rings. The molecule has 5 aliphatic rings. The van der Waals surface area contributed by atoms with E-state index in [1.165, 1.54) is 70.0 Å². The lowest BCUT2D eigenvalue weighted by molar-refractivity contribution is -0.137. The molecule has 352 valence electrons. The summed E-state index contributed by atoms with van der Waals surface area (Å²) in [6, 6.07) is 12.3. The van der Waals surface area contributed by atoms with Crippen LogP contribution >= 0.6 is 0 Å². The number of aliphatic carboxylic acids is 1. The second-order valence-electron chi connectivity index (χ2n) is 19.5. The average Bonchev–Trinajstić information content (AvgIpc) is 4.03. The van der Waals surface area contributed by atoms with E-state index in [9.17, 15) is 19.2 Å². The molecule has 3 saturated heterocycles. The number of nitrogens with zero attached hydrogens (tertiary/aromatic N) is 4. The van der Waals surface area contributed by atoms with Gasteiger partial charge in [-0.15, -0.1) is 0 Å². The Bertz CT molecular complexity index is 2330. The van der Waals surface area contributed by atoms with Crippen LogP contribution in [0.5, 0.6) is 0 Å². The zero-order valence-electron chi connectivity index (χ0n) is 39.2. The monoisotopic (exact) mass is 894 g/mol. The van der Waals surface area contributed by atoms with E-state index in [4.69, 9.17) is 19.3 Å². The van der Waals surface area contributed by atoms with E-state index in [1.807, 2.05) is 19.2 Å². The Kier molecular flexibility index (Phi) is 15.3. The molecule has 2 N–H and O–H groups in total. The molecule has 3 aliphatic heterocycles. The highest BCUT2D eigenvalue weighted by molar-refractivity contribution is 6.00. The van der Waals surface area contributed by atoms with Crippen molar-refractivity contribution in [3.8, 4) is 0 Å². The Balaban J connectivity index is 0.000000179. The summed E-state index contributed by atoms with van der Waals surface area (Å²) in [4.78, 5) is 52.4. The third-order valence-electron chi connectivity index (χ3n) is 15.4. The molecule has 1 unspecified atom stereocenters. The number of carbonyl (C=O) groups excluding carboxylic acids is 3. The molecular weight excluding hydrogens is 823 g/mol. The number of nitrogens with one attached hydrogen (secondary N) is 1. The molecule has 9 rings (SSSR count). The molecule has 2 aromatic carbocycles. The standard InChI is InChI=1S/C28H39N3O4.C24H32N2O4/c1-30(12-3-4-27(32)29-22-11-15-35-18-22)28(33)21-6-8-26-24(17-21)23-16-20(5-7-25(23)31(26)2)19-9-13-34-14-10-19;1-25(11-3-4-23(27)28)24(29)18-6-8-22-20(15-18)19-14-17(5-7-21(19)26(22)2)16-9-12-30-13-10-16/h6,8,17,19-20,22H,3-5,7,9-16,18H2,1-2H3,(H,29,32);6,8,15-17H,3-5,7,9-14H2,1-2H3,(H,27,28)/t20-,22?;17-/m11/s1. The van der Waals surface area contributed by atoms with Gasteiger partial charge in [-0.3, -0.25) is 19.2 Å². The van der Waals surface area contributed by atoms with E-state index < -0.39 is 5.97 Å². The minimum atomic E-state index is -0.827. The van der Waals surface area contributed by atoms with E-state index in [1.54, 1.807) is 16.8 Å². The van der Waals surface area contributed by atoms with Crippen molar-refractivity contribution in [3.63, 3.8) is 0 Å². The van der Waals surface area contributed by atoms with Gasteiger partial charge in [0.15, 0.2) is 0 Å². The fraction of sp³-hybridized carbons (Fsp3) is 0.615. The minimum absolute atomic E-state index is 0.0193. The van der Waals surface area contributed by atoms with Crippen molar-refractivity contribution >= 4 is 45.5 Å². The predicted octanol–water partition coefficient (Wildman–Crippen LogP) is 7.11. The second-order valence-corrected chi connectivity index (χ2v) is 19.5. The smallest absolute Gasteiger partial charge is 0.303 e. The van der Waals surface area contributed by atoms with Crippen LogP contribution < -0.4 is 5.32 Å². The first-order valence-corrected chi connectivity index (χ1v) is 24.4. The summed E-state index contributed by atoms with van der Waals surface area (Å²) in [6.45, 7) is 5.88. The number of carboxylic acids is 1. The summed E-state index contributed by atoms with van der Waals surface area (Å²) in [5.74, 6) is 2.09. The van der Waals surface area contributed by atoms with Crippen LogP contribution in [0.25, 0.3) is 21.8 Å². The number of carboxylic acid groups (broad SMARTS) is 1. The van der Waals surface area contributed by atoms with Crippen LogP contribution in [0, 0.1) is 23.7 Å². The molecule has 0 bridgehead atoms. The highest BCUT2D eigenvalue weighted by Gasteiger charge is 2.33. The highest BCUT2D eigenvalue weighted by Crippen LogP contribution is 2.41.